The van der Waals surface area contributed by atoms with Crippen molar-refractivity contribution >= 4 is 5.91 Å². The summed E-state index contributed by atoms with van der Waals surface area (Å²) in [7, 11) is 0. The number of amides is 1. The second-order valence-corrected chi connectivity index (χ2v) is 6.76. The highest BCUT2D eigenvalue weighted by Gasteiger charge is 2.39. The molecule has 2 aliphatic carbocycles. The maximum Gasteiger partial charge on any atom is 0.387 e. The Labute approximate surface area is 135 Å². The van der Waals surface area contributed by atoms with Gasteiger partial charge in [-0.3, -0.25) is 4.79 Å². The van der Waals surface area contributed by atoms with Crippen LogP contribution >= 0.6 is 0 Å². The molecule has 2 bridgehead atoms. The van der Waals surface area contributed by atoms with E-state index >= 15 is 0 Å². The van der Waals surface area contributed by atoms with Gasteiger partial charge in [0.1, 0.15) is 5.75 Å². The number of alkyl halides is 2. The van der Waals surface area contributed by atoms with Crippen LogP contribution in [0.3, 0.4) is 0 Å². The Morgan fingerprint density at radius 2 is 2.00 bits per heavy atom. The first-order chi connectivity index (χ1) is 11.1. The van der Waals surface area contributed by atoms with Crippen molar-refractivity contribution in [1.29, 1.82) is 0 Å². The molecule has 1 aromatic rings. The Kier molecular flexibility index (Phi) is 5.13. The second-order valence-electron chi connectivity index (χ2n) is 6.76. The van der Waals surface area contributed by atoms with Crippen molar-refractivity contribution in [3.05, 3.63) is 29.8 Å². The van der Waals surface area contributed by atoms with Crippen LogP contribution in [0.15, 0.2) is 24.3 Å². The van der Waals surface area contributed by atoms with Crippen LogP contribution in [0.4, 0.5) is 8.78 Å². The summed E-state index contributed by atoms with van der Waals surface area (Å²) in [5.41, 5.74) is 0.992. The highest BCUT2D eigenvalue weighted by atomic mass is 19.3. The van der Waals surface area contributed by atoms with E-state index < -0.39 is 6.61 Å². The van der Waals surface area contributed by atoms with Gasteiger partial charge in [-0.25, -0.2) is 0 Å². The van der Waals surface area contributed by atoms with Crippen molar-refractivity contribution in [3.63, 3.8) is 0 Å². The van der Waals surface area contributed by atoms with Crippen LogP contribution in [0, 0.1) is 17.8 Å². The first kappa shape index (κ1) is 16.2. The number of carbonyl (C=O) groups is 1. The summed E-state index contributed by atoms with van der Waals surface area (Å²) < 4.78 is 28.4. The van der Waals surface area contributed by atoms with Crippen LogP contribution in [0.1, 0.15) is 37.7 Å². The van der Waals surface area contributed by atoms with E-state index in [1.165, 1.54) is 37.8 Å². The van der Waals surface area contributed by atoms with Crippen molar-refractivity contribution in [2.45, 2.75) is 45.1 Å². The highest BCUT2D eigenvalue weighted by molar-refractivity contribution is 5.76. The molecule has 2 fully saturated rings. The van der Waals surface area contributed by atoms with Crippen LogP contribution in [-0.4, -0.2) is 19.1 Å². The number of nitrogens with one attached hydrogen (secondary N) is 1. The number of carbonyl (C=O) groups excluding carboxylic acids is 1. The number of hydrogen-bond donors (Lipinski definition) is 1. The van der Waals surface area contributed by atoms with Gasteiger partial charge < -0.3 is 10.1 Å². The third-order valence-corrected chi connectivity index (χ3v) is 5.22. The van der Waals surface area contributed by atoms with E-state index in [2.05, 4.69) is 10.1 Å². The molecule has 2 aliphatic rings. The summed E-state index contributed by atoms with van der Waals surface area (Å²) in [5, 5.41) is 2.97. The van der Waals surface area contributed by atoms with Crippen molar-refractivity contribution in [3.8, 4) is 5.75 Å². The molecule has 1 N–H and O–H groups in total. The van der Waals surface area contributed by atoms with Gasteiger partial charge in [0.25, 0.3) is 0 Å². The van der Waals surface area contributed by atoms with Gasteiger partial charge >= 0.3 is 6.61 Å². The normalized spacial score (nSPS) is 25.8. The van der Waals surface area contributed by atoms with Crippen LogP contribution < -0.4 is 10.1 Å². The number of hydrogen-bond acceptors (Lipinski definition) is 2. The minimum atomic E-state index is -2.80. The predicted molar refractivity (Wildman–Crippen MR) is 83.3 cm³/mol. The summed E-state index contributed by atoms with van der Waals surface area (Å²) in [6.07, 6.45) is 6.55. The molecule has 0 saturated heterocycles. The molecular formula is C18H23F2NO2. The molecule has 3 rings (SSSR count). The molecule has 0 radical (unpaired) electrons. The number of benzene rings is 1. The van der Waals surface area contributed by atoms with E-state index in [1.807, 2.05) is 0 Å². The standard InChI is InChI=1S/C18H23F2NO2/c19-18(20)23-16-5-2-12(3-6-16)7-8-21-17(22)11-15-10-13-1-4-14(15)9-13/h2-3,5-6,13-15,18H,1,4,7-11H2,(H,21,22). The molecule has 1 aromatic carbocycles. The van der Waals surface area contributed by atoms with Crippen LogP contribution in [0.5, 0.6) is 5.75 Å². The largest absolute Gasteiger partial charge is 0.435 e. The van der Waals surface area contributed by atoms with Gasteiger partial charge in [-0.2, -0.15) is 8.78 Å². The molecule has 126 valence electrons. The fourth-order valence-corrected chi connectivity index (χ4v) is 4.12. The highest BCUT2D eigenvalue weighted by Crippen LogP contribution is 2.49. The van der Waals surface area contributed by atoms with Gasteiger partial charge in [-0.05, 0) is 61.1 Å². The molecule has 0 heterocycles. The number of ether oxygens (including phenoxy) is 1. The zero-order valence-electron chi connectivity index (χ0n) is 13.1. The number of fused-ring (bicyclic) bond motifs is 2. The Bertz CT molecular complexity index is 532. The van der Waals surface area contributed by atoms with Gasteiger partial charge in [0, 0.05) is 13.0 Å². The maximum atomic E-state index is 12.1. The minimum absolute atomic E-state index is 0.139. The summed E-state index contributed by atoms with van der Waals surface area (Å²) in [6, 6.07) is 6.55. The lowest BCUT2D eigenvalue weighted by atomic mass is 9.86. The Balaban J connectivity index is 1.36. The molecule has 0 aromatic heterocycles. The lowest BCUT2D eigenvalue weighted by molar-refractivity contribution is -0.122. The Morgan fingerprint density at radius 3 is 2.61 bits per heavy atom. The number of halogens is 2. The zero-order chi connectivity index (χ0) is 16.2. The molecule has 23 heavy (non-hydrogen) atoms. The first-order valence-corrected chi connectivity index (χ1v) is 8.40. The summed E-state index contributed by atoms with van der Waals surface area (Å²) in [5.74, 6) is 2.52. The fourth-order valence-electron chi connectivity index (χ4n) is 4.12. The Morgan fingerprint density at radius 1 is 1.22 bits per heavy atom. The average Bonchev–Trinajstić information content (AvgIpc) is 3.11. The molecule has 3 unspecified atom stereocenters. The topological polar surface area (TPSA) is 38.3 Å². The van der Waals surface area contributed by atoms with E-state index in [4.69, 9.17) is 0 Å². The SMILES string of the molecule is O=C(CC1CC2CCC1C2)NCCc1ccc(OC(F)F)cc1. The molecule has 3 atom stereocenters. The van der Waals surface area contributed by atoms with Crippen LogP contribution in [-0.2, 0) is 11.2 Å². The summed E-state index contributed by atoms with van der Waals surface area (Å²) in [6.45, 7) is -2.22. The van der Waals surface area contributed by atoms with E-state index in [-0.39, 0.29) is 11.7 Å². The lowest BCUT2D eigenvalue weighted by Crippen LogP contribution is -2.29. The maximum absolute atomic E-state index is 12.1. The molecule has 0 spiro atoms. The fraction of sp³-hybridized carbons (Fsp3) is 0.611. The lowest BCUT2D eigenvalue weighted by Gasteiger charge is -2.20. The summed E-state index contributed by atoms with van der Waals surface area (Å²) in [4.78, 5) is 12.0. The zero-order valence-corrected chi connectivity index (χ0v) is 13.1. The third-order valence-electron chi connectivity index (χ3n) is 5.22. The molecule has 1 amide bonds. The van der Waals surface area contributed by atoms with E-state index in [1.54, 1.807) is 12.1 Å². The van der Waals surface area contributed by atoms with Gasteiger partial charge in [-0.1, -0.05) is 18.6 Å². The second kappa shape index (κ2) is 7.28. The quantitative estimate of drug-likeness (QED) is 0.829. The van der Waals surface area contributed by atoms with Crippen LogP contribution in [0.2, 0.25) is 0 Å². The monoisotopic (exact) mass is 323 g/mol. The van der Waals surface area contributed by atoms with Crippen LogP contribution in [0.25, 0.3) is 0 Å². The van der Waals surface area contributed by atoms with Gasteiger partial charge in [-0.15, -0.1) is 0 Å². The smallest absolute Gasteiger partial charge is 0.387 e. The Hall–Kier alpha value is -1.65. The van der Waals surface area contributed by atoms with Gasteiger partial charge in [0.2, 0.25) is 5.91 Å². The predicted octanol–water partition coefficient (Wildman–Crippen LogP) is 3.77. The van der Waals surface area contributed by atoms with Gasteiger partial charge in [0.05, 0.1) is 0 Å². The van der Waals surface area contributed by atoms with Crippen molar-refractivity contribution < 1.29 is 18.3 Å². The minimum Gasteiger partial charge on any atom is -0.435 e. The number of rotatable bonds is 7. The third kappa shape index (κ3) is 4.43. The summed E-state index contributed by atoms with van der Waals surface area (Å²) >= 11 is 0. The molecule has 5 heteroatoms. The van der Waals surface area contributed by atoms with E-state index in [0.29, 0.717) is 25.3 Å². The molecule has 2 saturated carbocycles. The molecular weight excluding hydrogens is 300 g/mol. The van der Waals surface area contributed by atoms with E-state index in [0.717, 1.165) is 17.4 Å². The van der Waals surface area contributed by atoms with Crippen molar-refractivity contribution in [2.24, 2.45) is 17.8 Å². The van der Waals surface area contributed by atoms with Gasteiger partial charge in [0.15, 0.2) is 0 Å². The van der Waals surface area contributed by atoms with Crippen molar-refractivity contribution in [2.75, 3.05) is 6.54 Å². The average molecular weight is 323 g/mol. The molecule has 3 nitrogen and oxygen atoms in total. The van der Waals surface area contributed by atoms with E-state index in [9.17, 15) is 13.6 Å². The first-order valence-electron chi connectivity index (χ1n) is 8.40. The van der Waals surface area contributed by atoms with Crippen molar-refractivity contribution in [1.82, 2.24) is 5.32 Å². The molecule has 0 aliphatic heterocycles.